The molecule has 2 aromatic heterocycles. The van der Waals surface area contributed by atoms with Crippen molar-refractivity contribution in [3.05, 3.63) is 88.6 Å². The number of pyridine rings is 1. The molecule has 6 nitrogen and oxygen atoms in total. The number of fused-ring (bicyclic) bond motifs is 1. The number of carbonyl (C=O) groups is 1. The van der Waals surface area contributed by atoms with Crippen molar-refractivity contribution in [2.24, 2.45) is 0 Å². The number of aryl methyl sites for hydroxylation is 1. The number of nitrogens with zero attached hydrogens (tertiary/aromatic N) is 3. The molecule has 4 rings (SSSR count). The Kier molecular flexibility index (Phi) is 6.89. The van der Waals surface area contributed by atoms with E-state index in [1.165, 1.54) is 13.2 Å². The van der Waals surface area contributed by atoms with Gasteiger partial charge in [0.15, 0.2) is 17.2 Å². The van der Waals surface area contributed by atoms with Crippen LogP contribution >= 0.6 is 11.6 Å². The van der Waals surface area contributed by atoms with Crippen LogP contribution in [-0.2, 0) is 17.8 Å². The first kappa shape index (κ1) is 22.7. The van der Waals surface area contributed by atoms with Gasteiger partial charge in [0.05, 0.1) is 19.7 Å². The summed E-state index contributed by atoms with van der Waals surface area (Å²) in [5.74, 6) is 0.400. The van der Waals surface area contributed by atoms with E-state index in [0.717, 1.165) is 16.6 Å². The number of ether oxygens (including phenoxy) is 1. The number of methoxy groups -OCH3 is 1. The number of hydrogen-bond acceptors (Lipinski definition) is 4. The third kappa shape index (κ3) is 5.31. The van der Waals surface area contributed by atoms with Crippen LogP contribution < -0.4 is 10.1 Å². The smallest absolute Gasteiger partial charge is 0.220 e. The molecule has 2 heterocycles. The van der Waals surface area contributed by atoms with E-state index in [1.54, 1.807) is 30.5 Å². The number of imidazole rings is 1. The largest absolute Gasteiger partial charge is 0.494 e. The standard InChI is InChI=1S/C25H24ClFN4O2/c1-16(18-6-8-19(26)9-7-18)29-24(32)12-11-23-30-21-4-3-13-28-25(21)31(23)15-17-5-10-22(33-2)20(27)14-17/h3-10,13-14,16H,11-12,15H2,1-2H3,(H,29,32)/t16-/m0/s1. The molecule has 1 amide bonds. The van der Waals surface area contributed by atoms with Gasteiger partial charge in [-0.25, -0.2) is 14.4 Å². The second-order valence-corrected chi connectivity index (χ2v) is 8.21. The molecule has 4 aromatic rings. The van der Waals surface area contributed by atoms with Gasteiger partial charge in [0, 0.05) is 24.1 Å². The van der Waals surface area contributed by atoms with Crippen LogP contribution in [0.3, 0.4) is 0 Å². The van der Waals surface area contributed by atoms with Crippen LogP contribution in [0.5, 0.6) is 5.75 Å². The topological polar surface area (TPSA) is 69.0 Å². The minimum atomic E-state index is -0.426. The predicted molar refractivity (Wildman–Crippen MR) is 126 cm³/mol. The fourth-order valence-corrected chi connectivity index (χ4v) is 3.85. The second-order valence-electron chi connectivity index (χ2n) is 7.77. The van der Waals surface area contributed by atoms with Gasteiger partial charge in [0.2, 0.25) is 5.91 Å². The number of halogens is 2. The van der Waals surface area contributed by atoms with Crippen LogP contribution in [0.1, 0.15) is 36.3 Å². The SMILES string of the molecule is COc1ccc(Cn2c(CCC(=O)N[C@@H](C)c3ccc(Cl)cc3)nc3cccnc32)cc1F. The zero-order chi connectivity index (χ0) is 23.4. The highest BCUT2D eigenvalue weighted by atomic mass is 35.5. The van der Waals surface area contributed by atoms with E-state index in [0.29, 0.717) is 29.5 Å². The van der Waals surface area contributed by atoms with Gasteiger partial charge >= 0.3 is 0 Å². The van der Waals surface area contributed by atoms with E-state index in [1.807, 2.05) is 35.8 Å². The van der Waals surface area contributed by atoms with Crippen LogP contribution in [0.25, 0.3) is 11.2 Å². The molecule has 0 bridgehead atoms. The fraction of sp³-hybridized carbons (Fsp3) is 0.240. The van der Waals surface area contributed by atoms with Gasteiger partial charge in [-0.05, 0) is 54.4 Å². The fourth-order valence-electron chi connectivity index (χ4n) is 3.73. The molecule has 170 valence electrons. The highest BCUT2D eigenvalue weighted by molar-refractivity contribution is 6.30. The number of amides is 1. The predicted octanol–water partition coefficient (Wildman–Crippen LogP) is 5.09. The van der Waals surface area contributed by atoms with Crippen LogP contribution in [0.2, 0.25) is 5.02 Å². The monoisotopic (exact) mass is 466 g/mol. The summed E-state index contributed by atoms with van der Waals surface area (Å²) >= 11 is 5.94. The maximum atomic E-state index is 14.2. The zero-order valence-corrected chi connectivity index (χ0v) is 19.1. The number of rotatable bonds is 8. The summed E-state index contributed by atoms with van der Waals surface area (Å²) in [7, 11) is 1.43. The number of carbonyl (C=O) groups excluding carboxylic acids is 1. The molecular formula is C25H24ClFN4O2. The Morgan fingerprint density at radius 2 is 2.00 bits per heavy atom. The first-order valence-corrected chi connectivity index (χ1v) is 11.0. The van der Waals surface area contributed by atoms with Gasteiger partial charge < -0.3 is 14.6 Å². The molecule has 0 aliphatic carbocycles. The summed E-state index contributed by atoms with van der Waals surface area (Å²) < 4.78 is 21.1. The summed E-state index contributed by atoms with van der Waals surface area (Å²) in [6.07, 6.45) is 2.38. The Bertz CT molecular complexity index is 1270. The van der Waals surface area contributed by atoms with Crippen molar-refractivity contribution in [3.8, 4) is 5.75 Å². The summed E-state index contributed by atoms with van der Waals surface area (Å²) in [5.41, 5.74) is 3.15. The molecule has 0 spiro atoms. The van der Waals surface area contributed by atoms with Gasteiger partial charge in [0.1, 0.15) is 11.3 Å². The van der Waals surface area contributed by atoms with Gasteiger partial charge in [0.25, 0.3) is 0 Å². The molecule has 0 fully saturated rings. The lowest BCUT2D eigenvalue weighted by Gasteiger charge is -2.15. The quantitative estimate of drug-likeness (QED) is 0.392. The molecule has 0 aliphatic rings. The van der Waals surface area contributed by atoms with E-state index in [-0.39, 0.29) is 24.1 Å². The van der Waals surface area contributed by atoms with E-state index < -0.39 is 5.82 Å². The van der Waals surface area contributed by atoms with Crippen molar-refractivity contribution in [1.29, 1.82) is 0 Å². The van der Waals surface area contributed by atoms with Crippen molar-refractivity contribution in [2.75, 3.05) is 7.11 Å². The van der Waals surface area contributed by atoms with Gasteiger partial charge in [-0.2, -0.15) is 0 Å². The Labute approximate surface area is 196 Å². The highest BCUT2D eigenvalue weighted by Gasteiger charge is 2.16. The van der Waals surface area contributed by atoms with Crippen molar-refractivity contribution in [3.63, 3.8) is 0 Å². The van der Waals surface area contributed by atoms with Crippen molar-refractivity contribution in [2.45, 2.75) is 32.4 Å². The Morgan fingerprint density at radius 3 is 2.73 bits per heavy atom. The molecular weight excluding hydrogens is 443 g/mol. The second kappa shape index (κ2) is 10.0. The van der Waals surface area contributed by atoms with E-state index >= 15 is 0 Å². The first-order chi connectivity index (χ1) is 15.9. The minimum absolute atomic E-state index is 0.0838. The summed E-state index contributed by atoms with van der Waals surface area (Å²) in [5, 5.41) is 3.66. The molecule has 33 heavy (non-hydrogen) atoms. The first-order valence-electron chi connectivity index (χ1n) is 10.6. The number of aromatic nitrogens is 3. The van der Waals surface area contributed by atoms with Crippen LogP contribution in [0.15, 0.2) is 60.8 Å². The van der Waals surface area contributed by atoms with E-state index in [2.05, 4.69) is 15.3 Å². The van der Waals surface area contributed by atoms with E-state index in [4.69, 9.17) is 16.3 Å². The maximum Gasteiger partial charge on any atom is 0.220 e. The number of hydrogen-bond donors (Lipinski definition) is 1. The van der Waals surface area contributed by atoms with Crippen LogP contribution in [0, 0.1) is 5.82 Å². The Morgan fingerprint density at radius 1 is 1.21 bits per heavy atom. The normalized spacial score (nSPS) is 12.0. The highest BCUT2D eigenvalue weighted by Crippen LogP contribution is 2.22. The summed E-state index contributed by atoms with van der Waals surface area (Å²) in [4.78, 5) is 21.7. The number of benzene rings is 2. The van der Waals surface area contributed by atoms with Gasteiger partial charge in [-0.3, -0.25) is 4.79 Å². The molecule has 1 atom stereocenters. The van der Waals surface area contributed by atoms with Crippen LogP contribution in [-0.4, -0.2) is 27.6 Å². The minimum Gasteiger partial charge on any atom is -0.494 e. The Hall–Kier alpha value is -3.45. The Balaban J connectivity index is 1.50. The lowest BCUT2D eigenvalue weighted by atomic mass is 10.1. The van der Waals surface area contributed by atoms with Crippen molar-refractivity contribution in [1.82, 2.24) is 19.9 Å². The molecule has 1 N–H and O–H groups in total. The molecule has 0 saturated heterocycles. The zero-order valence-electron chi connectivity index (χ0n) is 18.4. The summed E-state index contributed by atoms with van der Waals surface area (Å²) in [6, 6.07) is 15.8. The van der Waals surface area contributed by atoms with Crippen molar-refractivity contribution < 1.29 is 13.9 Å². The number of nitrogens with one attached hydrogen (secondary N) is 1. The third-order valence-electron chi connectivity index (χ3n) is 5.46. The van der Waals surface area contributed by atoms with Crippen LogP contribution in [0.4, 0.5) is 4.39 Å². The van der Waals surface area contributed by atoms with Crippen molar-refractivity contribution >= 4 is 28.7 Å². The molecule has 0 saturated carbocycles. The lowest BCUT2D eigenvalue weighted by molar-refractivity contribution is -0.121. The van der Waals surface area contributed by atoms with Gasteiger partial charge in [-0.15, -0.1) is 0 Å². The lowest BCUT2D eigenvalue weighted by Crippen LogP contribution is -2.27. The van der Waals surface area contributed by atoms with E-state index in [9.17, 15) is 9.18 Å². The average molecular weight is 467 g/mol. The summed E-state index contributed by atoms with van der Waals surface area (Å²) in [6.45, 7) is 2.31. The molecule has 0 aliphatic heterocycles. The van der Waals surface area contributed by atoms with Gasteiger partial charge in [-0.1, -0.05) is 29.8 Å². The molecule has 2 aromatic carbocycles. The maximum absolute atomic E-state index is 14.2. The molecule has 0 unspecified atom stereocenters. The molecule has 0 radical (unpaired) electrons. The molecule has 8 heteroatoms. The average Bonchev–Trinajstić information content (AvgIpc) is 3.15. The third-order valence-corrected chi connectivity index (χ3v) is 5.71.